The SMILES string of the molecule is O=C(Nc1ocnc1-c1cc2sc(C3(C(=O)O)CC3)cc2s1)OCc1ccccc1. The van der Waals surface area contributed by atoms with Crippen LogP contribution in [-0.2, 0) is 21.6 Å². The maximum Gasteiger partial charge on any atom is 0.414 e. The fraction of sp³-hybridized carbons (Fsp3) is 0.190. The highest BCUT2D eigenvalue weighted by atomic mass is 32.1. The molecule has 1 amide bonds. The van der Waals surface area contributed by atoms with Crippen molar-refractivity contribution in [3.63, 3.8) is 0 Å². The number of hydrogen-bond acceptors (Lipinski definition) is 7. The number of fused-ring (bicyclic) bond motifs is 1. The van der Waals surface area contributed by atoms with Crippen molar-refractivity contribution in [1.82, 2.24) is 4.98 Å². The van der Waals surface area contributed by atoms with Gasteiger partial charge >= 0.3 is 12.1 Å². The maximum absolute atomic E-state index is 12.1. The van der Waals surface area contributed by atoms with Gasteiger partial charge in [0.15, 0.2) is 6.39 Å². The zero-order valence-corrected chi connectivity index (χ0v) is 17.2. The van der Waals surface area contributed by atoms with Crippen molar-refractivity contribution in [1.29, 1.82) is 0 Å². The summed E-state index contributed by atoms with van der Waals surface area (Å²) in [7, 11) is 0. The van der Waals surface area contributed by atoms with Gasteiger partial charge in [0.1, 0.15) is 17.7 Å². The molecular formula is C21H16N2O5S2. The molecule has 1 aromatic carbocycles. The van der Waals surface area contributed by atoms with Crippen LogP contribution in [0.25, 0.3) is 20.0 Å². The minimum atomic E-state index is -0.756. The molecule has 0 spiro atoms. The van der Waals surface area contributed by atoms with Crippen LogP contribution in [0.1, 0.15) is 23.3 Å². The summed E-state index contributed by atoms with van der Waals surface area (Å²) >= 11 is 2.98. The molecule has 3 aromatic heterocycles. The quantitative estimate of drug-likeness (QED) is 0.411. The fourth-order valence-electron chi connectivity index (χ4n) is 3.24. The van der Waals surface area contributed by atoms with Gasteiger partial charge in [-0.05, 0) is 30.5 Å². The smallest absolute Gasteiger partial charge is 0.414 e. The van der Waals surface area contributed by atoms with Crippen LogP contribution in [0.15, 0.2) is 53.3 Å². The highest BCUT2D eigenvalue weighted by Gasteiger charge is 2.53. The molecule has 0 atom stereocenters. The molecule has 0 saturated heterocycles. The number of ether oxygens (including phenoxy) is 1. The first-order valence-electron chi connectivity index (χ1n) is 9.24. The summed E-state index contributed by atoms with van der Waals surface area (Å²) in [6.45, 7) is 0.152. The van der Waals surface area contributed by atoms with Gasteiger partial charge in [0.2, 0.25) is 5.88 Å². The third-order valence-corrected chi connectivity index (χ3v) is 7.57. The molecule has 1 saturated carbocycles. The van der Waals surface area contributed by atoms with E-state index in [2.05, 4.69) is 10.3 Å². The zero-order chi connectivity index (χ0) is 20.7. The van der Waals surface area contributed by atoms with Crippen LogP contribution in [0, 0.1) is 0 Å². The monoisotopic (exact) mass is 440 g/mol. The van der Waals surface area contributed by atoms with Crippen LogP contribution in [0.3, 0.4) is 0 Å². The number of carboxylic acids is 1. The number of nitrogens with one attached hydrogen (secondary N) is 1. The molecule has 30 heavy (non-hydrogen) atoms. The van der Waals surface area contributed by atoms with Crippen molar-refractivity contribution < 1.29 is 23.8 Å². The summed E-state index contributed by atoms with van der Waals surface area (Å²) in [5, 5.41) is 12.1. The van der Waals surface area contributed by atoms with E-state index in [0.717, 1.165) is 24.7 Å². The van der Waals surface area contributed by atoms with Crippen molar-refractivity contribution in [3.8, 4) is 10.6 Å². The number of hydrogen-bond donors (Lipinski definition) is 2. The lowest BCUT2D eigenvalue weighted by molar-refractivity contribution is -0.139. The largest absolute Gasteiger partial charge is 0.481 e. The van der Waals surface area contributed by atoms with Gasteiger partial charge in [-0.1, -0.05) is 30.3 Å². The lowest BCUT2D eigenvalue weighted by atomic mass is 10.1. The van der Waals surface area contributed by atoms with Crippen LogP contribution in [0.2, 0.25) is 0 Å². The third-order valence-electron chi connectivity index (χ3n) is 5.07. The number of carboxylic acid groups (broad SMARTS) is 1. The lowest BCUT2D eigenvalue weighted by Gasteiger charge is -2.06. The molecule has 1 fully saturated rings. The van der Waals surface area contributed by atoms with E-state index in [-0.39, 0.29) is 12.5 Å². The summed E-state index contributed by atoms with van der Waals surface area (Å²) in [6.07, 6.45) is 2.01. The van der Waals surface area contributed by atoms with Gasteiger partial charge in [-0.15, -0.1) is 22.7 Å². The van der Waals surface area contributed by atoms with Gasteiger partial charge in [-0.25, -0.2) is 9.78 Å². The predicted molar refractivity (Wildman–Crippen MR) is 114 cm³/mol. The topological polar surface area (TPSA) is 102 Å². The van der Waals surface area contributed by atoms with E-state index in [9.17, 15) is 14.7 Å². The Balaban J connectivity index is 1.32. The van der Waals surface area contributed by atoms with Crippen LogP contribution < -0.4 is 5.32 Å². The predicted octanol–water partition coefficient (Wildman–Crippen LogP) is 5.48. The first-order chi connectivity index (χ1) is 14.5. The van der Waals surface area contributed by atoms with E-state index in [1.807, 2.05) is 42.5 Å². The first-order valence-corrected chi connectivity index (χ1v) is 10.9. The third kappa shape index (κ3) is 3.35. The molecule has 3 heterocycles. The van der Waals surface area contributed by atoms with E-state index in [0.29, 0.717) is 18.5 Å². The second-order valence-electron chi connectivity index (χ2n) is 7.05. The van der Waals surface area contributed by atoms with Crippen molar-refractivity contribution >= 4 is 50.0 Å². The first kappa shape index (κ1) is 18.8. The maximum atomic E-state index is 12.1. The van der Waals surface area contributed by atoms with E-state index in [4.69, 9.17) is 9.15 Å². The Kier molecular flexibility index (Phi) is 4.56. The number of carbonyl (C=O) groups excluding carboxylic acids is 1. The van der Waals surface area contributed by atoms with Crippen LogP contribution in [0.4, 0.5) is 10.7 Å². The average Bonchev–Trinajstić information content (AvgIpc) is 3.04. The molecule has 0 unspecified atom stereocenters. The molecule has 2 N–H and O–H groups in total. The van der Waals surface area contributed by atoms with Crippen LogP contribution >= 0.6 is 22.7 Å². The molecule has 5 rings (SSSR count). The Morgan fingerprint density at radius 2 is 1.93 bits per heavy atom. The number of oxazole rings is 1. The summed E-state index contributed by atoms with van der Waals surface area (Å²) in [6, 6.07) is 13.3. The Hall–Kier alpha value is -3.17. The zero-order valence-electron chi connectivity index (χ0n) is 15.6. The van der Waals surface area contributed by atoms with Crippen molar-refractivity contribution in [3.05, 3.63) is 59.3 Å². The molecule has 7 nitrogen and oxygen atoms in total. The fourth-order valence-corrected chi connectivity index (χ4v) is 5.87. The Morgan fingerprint density at radius 3 is 2.63 bits per heavy atom. The molecule has 1 aliphatic rings. The number of aromatic nitrogens is 1. The number of rotatable bonds is 6. The van der Waals surface area contributed by atoms with Gasteiger partial charge < -0.3 is 14.3 Å². The second-order valence-corrected chi connectivity index (χ2v) is 9.22. The molecule has 152 valence electrons. The van der Waals surface area contributed by atoms with E-state index < -0.39 is 17.5 Å². The van der Waals surface area contributed by atoms with Gasteiger partial charge in [-0.2, -0.15) is 0 Å². The Morgan fingerprint density at radius 1 is 1.17 bits per heavy atom. The van der Waals surface area contributed by atoms with E-state index in [1.54, 1.807) is 0 Å². The summed E-state index contributed by atoms with van der Waals surface area (Å²) in [5.74, 6) is -0.542. The number of thiophene rings is 2. The highest BCUT2D eigenvalue weighted by Crippen LogP contribution is 2.53. The van der Waals surface area contributed by atoms with Crippen LogP contribution in [0.5, 0.6) is 0 Å². The molecule has 1 aliphatic carbocycles. The molecule has 0 aliphatic heterocycles. The second kappa shape index (κ2) is 7.26. The summed E-state index contributed by atoms with van der Waals surface area (Å²) < 4.78 is 12.6. The molecular weight excluding hydrogens is 424 g/mol. The number of carbonyl (C=O) groups is 2. The molecule has 4 aromatic rings. The molecule has 0 radical (unpaired) electrons. The molecule has 9 heteroatoms. The van der Waals surface area contributed by atoms with Crippen LogP contribution in [-0.4, -0.2) is 22.2 Å². The Bertz CT molecular complexity index is 1210. The van der Waals surface area contributed by atoms with E-state index >= 15 is 0 Å². The average molecular weight is 441 g/mol. The van der Waals surface area contributed by atoms with Crippen molar-refractivity contribution in [2.45, 2.75) is 24.9 Å². The summed E-state index contributed by atoms with van der Waals surface area (Å²) in [4.78, 5) is 29.7. The number of nitrogens with zero attached hydrogens (tertiary/aromatic N) is 1. The van der Waals surface area contributed by atoms with Gasteiger partial charge in [-0.3, -0.25) is 10.1 Å². The minimum Gasteiger partial charge on any atom is -0.481 e. The number of anilines is 1. The standard InChI is InChI=1S/C21H16N2O5S2/c24-19(25)21(6-7-21)16-9-14-13(30-16)8-15(29-14)17-18(28-11-22-17)23-20(26)27-10-12-4-2-1-3-5-12/h1-5,8-9,11H,6-7,10H2,(H,23,26)(H,24,25). The highest BCUT2D eigenvalue weighted by molar-refractivity contribution is 7.29. The number of amides is 1. The number of benzene rings is 1. The normalized spacial score (nSPS) is 14.5. The minimum absolute atomic E-state index is 0.152. The van der Waals surface area contributed by atoms with Crippen molar-refractivity contribution in [2.24, 2.45) is 0 Å². The Labute approximate surface area is 178 Å². The van der Waals surface area contributed by atoms with Crippen molar-refractivity contribution in [2.75, 3.05) is 5.32 Å². The number of aliphatic carboxylic acids is 1. The lowest BCUT2D eigenvalue weighted by Crippen LogP contribution is -2.17. The van der Waals surface area contributed by atoms with Gasteiger partial charge in [0.05, 0.1) is 4.88 Å². The molecule has 0 bridgehead atoms. The summed E-state index contributed by atoms with van der Waals surface area (Å²) in [5.41, 5.74) is 0.697. The van der Waals surface area contributed by atoms with Gasteiger partial charge in [0.25, 0.3) is 0 Å². The van der Waals surface area contributed by atoms with Gasteiger partial charge in [0, 0.05) is 14.3 Å². The van der Waals surface area contributed by atoms with E-state index in [1.165, 1.54) is 29.1 Å².